The second-order valence-electron chi connectivity index (χ2n) is 4.29. The first-order valence-corrected chi connectivity index (χ1v) is 5.76. The minimum atomic E-state index is 0.243. The van der Waals surface area contributed by atoms with E-state index < -0.39 is 0 Å². The van der Waals surface area contributed by atoms with Gasteiger partial charge < -0.3 is 4.90 Å². The molecule has 1 amide bonds. The van der Waals surface area contributed by atoms with Gasteiger partial charge in [-0.2, -0.15) is 0 Å². The highest BCUT2D eigenvalue weighted by molar-refractivity contribution is 7.18. The second kappa shape index (κ2) is 6.37. The van der Waals surface area contributed by atoms with E-state index in [0.717, 1.165) is 13.1 Å². The molecule has 2 nitrogen and oxygen atoms in total. The average Bonchev–Trinajstić information content (AvgIpc) is 2.00. The van der Waals surface area contributed by atoms with Crippen molar-refractivity contribution in [2.24, 2.45) is 11.8 Å². The van der Waals surface area contributed by atoms with Crippen LogP contribution in [0, 0.1) is 11.8 Å². The van der Waals surface area contributed by atoms with E-state index in [1.165, 1.54) is 0 Å². The van der Waals surface area contributed by atoms with Crippen molar-refractivity contribution >= 4 is 15.1 Å². The molecule has 0 spiro atoms. The standard InChI is InChI=1S/C10H22NOP/c1-8(2)5-11(6-9(3)4)10(12)7-13/h8-9H,5-7,13H2,1-4H3. The fourth-order valence-corrected chi connectivity index (χ4v) is 1.55. The van der Waals surface area contributed by atoms with E-state index in [0.29, 0.717) is 18.0 Å². The van der Waals surface area contributed by atoms with E-state index in [4.69, 9.17) is 0 Å². The minimum Gasteiger partial charge on any atom is -0.342 e. The topological polar surface area (TPSA) is 20.3 Å². The van der Waals surface area contributed by atoms with Gasteiger partial charge in [-0.1, -0.05) is 27.7 Å². The molecule has 1 atom stereocenters. The van der Waals surface area contributed by atoms with Crippen LogP contribution in [0.5, 0.6) is 0 Å². The third-order valence-corrected chi connectivity index (χ3v) is 2.05. The normalized spacial score (nSPS) is 11.0. The summed E-state index contributed by atoms with van der Waals surface area (Å²) in [5, 5.41) is 0. The SMILES string of the molecule is CC(C)CN(CC(C)C)C(=O)CP. The first-order chi connectivity index (χ1) is 5.97. The van der Waals surface area contributed by atoms with Crippen molar-refractivity contribution < 1.29 is 4.79 Å². The van der Waals surface area contributed by atoms with E-state index in [-0.39, 0.29) is 5.91 Å². The zero-order valence-electron chi connectivity index (χ0n) is 9.21. The van der Waals surface area contributed by atoms with Crippen LogP contribution in [0.2, 0.25) is 0 Å². The quantitative estimate of drug-likeness (QED) is 0.626. The van der Waals surface area contributed by atoms with Gasteiger partial charge in [0.05, 0.1) is 0 Å². The van der Waals surface area contributed by atoms with Crippen molar-refractivity contribution in [2.45, 2.75) is 27.7 Å². The summed E-state index contributed by atoms with van der Waals surface area (Å²) in [7, 11) is 2.49. The predicted octanol–water partition coefficient (Wildman–Crippen LogP) is 2.00. The molecular weight excluding hydrogens is 181 g/mol. The zero-order chi connectivity index (χ0) is 10.4. The maximum Gasteiger partial charge on any atom is 0.226 e. The van der Waals surface area contributed by atoms with Crippen LogP contribution < -0.4 is 0 Å². The van der Waals surface area contributed by atoms with Crippen LogP contribution in [0.1, 0.15) is 27.7 Å². The highest BCUT2D eigenvalue weighted by atomic mass is 31.0. The van der Waals surface area contributed by atoms with Gasteiger partial charge in [-0.3, -0.25) is 4.79 Å². The van der Waals surface area contributed by atoms with Gasteiger partial charge in [0.2, 0.25) is 5.91 Å². The lowest BCUT2D eigenvalue weighted by Gasteiger charge is -2.25. The van der Waals surface area contributed by atoms with Crippen molar-refractivity contribution in [1.29, 1.82) is 0 Å². The van der Waals surface area contributed by atoms with Gasteiger partial charge in [0.1, 0.15) is 0 Å². The van der Waals surface area contributed by atoms with E-state index >= 15 is 0 Å². The highest BCUT2D eigenvalue weighted by Crippen LogP contribution is 2.05. The molecule has 0 bridgehead atoms. The van der Waals surface area contributed by atoms with Gasteiger partial charge in [-0.25, -0.2) is 0 Å². The van der Waals surface area contributed by atoms with Crippen molar-refractivity contribution in [3.63, 3.8) is 0 Å². The lowest BCUT2D eigenvalue weighted by atomic mass is 10.1. The molecule has 0 rings (SSSR count). The number of carbonyl (C=O) groups is 1. The molecule has 0 heterocycles. The third-order valence-electron chi connectivity index (χ3n) is 1.70. The summed E-state index contributed by atoms with van der Waals surface area (Å²) in [6.07, 6.45) is 0.541. The van der Waals surface area contributed by atoms with Crippen LogP contribution in [0.4, 0.5) is 0 Å². The van der Waals surface area contributed by atoms with E-state index in [9.17, 15) is 4.79 Å². The maximum absolute atomic E-state index is 11.5. The Balaban J connectivity index is 4.10. The molecule has 0 aromatic rings. The molecule has 0 N–H and O–H groups in total. The van der Waals surface area contributed by atoms with Gasteiger partial charge >= 0.3 is 0 Å². The Morgan fingerprint density at radius 3 is 1.77 bits per heavy atom. The molecule has 3 heteroatoms. The number of amides is 1. The molecule has 0 aromatic carbocycles. The van der Waals surface area contributed by atoms with Crippen LogP contribution in [-0.2, 0) is 4.79 Å². The molecular formula is C10H22NOP. The molecule has 0 saturated heterocycles. The van der Waals surface area contributed by atoms with Gasteiger partial charge in [0, 0.05) is 19.3 Å². The summed E-state index contributed by atoms with van der Waals surface area (Å²) >= 11 is 0. The molecule has 13 heavy (non-hydrogen) atoms. The molecule has 0 aliphatic rings. The second-order valence-corrected chi connectivity index (χ2v) is 4.70. The number of rotatable bonds is 5. The molecule has 0 saturated carbocycles. The molecule has 0 aromatic heterocycles. The minimum absolute atomic E-state index is 0.243. The summed E-state index contributed by atoms with van der Waals surface area (Å²) in [6.45, 7) is 10.3. The predicted molar refractivity (Wildman–Crippen MR) is 60.8 cm³/mol. The fourth-order valence-electron chi connectivity index (χ4n) is 1.29. The summed E-state index contributed by atoms with van der Waals surface area (Å²) in [5.74, 6) is 1.35. The summed E-state index contributed by atoms with van der Waals surface area (Å²) < 4.78 is 0. The van der Waals surface area contributed by atoms with Crippen LogP contribution in [-0.4, -0.2) is 30.1 Å². The largest absolute Gasteiger partial charge is 0.342 e. The zero-order valence-corrected chi connectivity index (χ0v) is 10.4. The maximum atomic E-state index is 11.5. The Morgan fingerprint density at radius 2 is 1.54 bits per heavy atom. The van der Waals surface area contributed by atoms with Crippen LogP contribution in [0.3, 0.4) is 0 Å². The van der Waals surface area contributed by atoms with Crippen molar-refractivity contribution in [3.05, 3.63) is 0 Å². The molecule has 0 aliphatic carbocycles. The van der Waals surface area contributed by atoms with Crippen molar-refractivity contribution in [2.75, 3.05) is 19.3 Å². The van der Waals surface area contributed by atoms with Crippen molar-refractivity contribution in [1.82, 2.24) is 4.90 Å². The number of nitrogens with zero attached hydrogens (tertiary/aromatic N) is 1. The van der Waals surface area contributed by atoms with Crippen LogP contribution in [0.25, 0.3) is 0 Å². The van der Waals surface area contributed by atoms with Gasteiger partial charge in [0.15, 0.2) is 0 Å². The van der Waals surface area contributed by atoms with Gasteiger partial charge in [-0.15, -0.1) is 9.24 Å². The molecule has 0 radical (unpaired) electrons. The lowest BCUT2D eigenvalue weighted by molar-refractivity contribution is -0.129. The molecule has 0 fully saturated rings. The molecule has 78 valence electrons. The Labute approximate surface area is 84.3 Å². The summed E-state index contributed by atoms with van der Waals surface area (Å²) in [6, 6.07) is 0. The van der Waals surface area contributed by atoms with Crippen LogP contribution in [0.15, 0.2) is 0 Å². The average molecular weight is 203 g/mol. The summed E-state index contributed by atoms with van der Waals surface area (Å²) in [4.78, 5) is 13.4. The highest BCUT2D eigenvalue weighted by Gasteiger charge is 2.13. The third kappa shape index (κ3) is 6.04. The van der Waals surface area contributed by atoms with E-state index in [1.807, 2.05) is 4.90 Å². The first kappa shape index (κ1) is 12.9. The number of hydrogen-bond donors (Lipinski definition) is 0. The summed E-state index contributed by atoms with van der Waals surface area (Å²) in [5.41, 5.74) is 0. The smallest absolute Gasteiger partial charge is 0.226 e. The Kier molecular flexibility index (Phi) is 6.32. The fraction of sp³-hybridized carbons (Fsp3) is 0.900. The van der Waals surface area contributed by atoms with Gasteiger partial charge in [0.25, 0.3) is 0 Å². The van der Waals surface area contributed by atoms with Gasteiger partial charge in [-0.05, 0) is 11.8 Å². The monoisotopic (exact) mass is 203 g/mol. The molecule has 1 unspecified atom stereocenters. The van der Waals surface area contributed by atoms with E-state index in [2.05, 4.69) is 36.9 Å². The Morgan fingerprint density at radius 1 is 1.15 bits per heavy atom. The van der Waals surface area contributed by atoms with E-state index in [1.54, 1.807) is 0 Å². The first-order valence-electron chi connectivity index (χ1n) is 4.95. The lowest BCUT2D eigenvalue weighted by Crippen LogP contribution is -2.37. The van der Waals surface area contributed by atoms with Crippen LogP contribution >= 0.6 is 9.24 Å². The molecule has 0 aliphatic heterocycles. The number of hydrogen-bond acceptors (Lipinski definition) is 1. The number of carbonyl (C=O) groups excluding carboxylic acids is 1. The van der Waals surface area contributed by atoms with Crippen molar-refractivity contribution in [3.8, 4) is 0 Å². The Bertz CT molecular complexity index is 147. The Hall–Kier alpha value is -0.100.